The average molecular weight is 273 g/mol. The van der Waals surface area contributed by atoms with Crippen molar-refractivity contribution in [3.8, 4) is 0 Å². The van der Waals surface area contributed by atoms with Gasteiger partial charge in [-0.3, -0.25) is 4.98 Å². The minimum Gasteiger partial charge on any atom is -0.381 e. The SMILES string of the molecule is NCC(Nc1ccnc(C(F)(F)F)c1)C1CCCC1. The Kier molecular flexibility index (Phi) is 4.29. The van der Waals surface area contributed by atoms with Crippen LogP contribution in [0.2, 0.25) is 0 Å². The van der Waals surface area contributed by atoms with Gasteiger partial charge in [-0.25, -0.2) is 0 Å². The lowest BCUT2D eigenvalue weighted by Gasteiger charge is -2.24. The number of anilines is 1. The molecule has 3 nitrogen and oxygen atoms in total. The van der Waals surface area contributed by atoms with Crippen LogP contribution in [0.5, 0.6) is 0 Å². The van der Waals surface area contributed by atoms with Gasteiger partial charge < -0.3 is 11.1 Å². The Hall–Kier alpha value is -1.30. The molecule has 1 saturated carbocycles. The van der Waals surface area contributed by atoms with Gasteiger partial charge in [-0.15, -0.1) is 0 Å². The maximum atomic E-state index is 12.6. The Bertz CT molecular complexity index is 414. The number of nitrogens with zero attached hydrogens (tertiary/aromatic N) is 1. The van der Waals surface area contributed by atoms with Crippen LogP contribution < -0.4 is 11.1 Å². The Labute approximate surface area is 110 Å². The minimum absolute atomic E-state index is 0.0333. The number of pyridine rings is 1. The maximum Gasteiger partial charge on any atom is 0.433 e. The largest absolute Gasteiger partial charge is 0.433 e. The van der Waals surface area contributed by atoms with Crippen molar-refractivity contribution in [2.45, 2.75) is 37.9 Å². The Morgan fingerprint density at radius 2 is 2.05 bits per heavy atom. The molecule has 0 radical (unpaired) electrons. The predicted molar refractivity (Wildman–Crippen MR) is 67.7 cm³/mol. The summed E-state index contributed by atoms with van der Waals surface area (Å²) in [7, 11) is 0. The molecule has 6 heteroatoms. The zero-order valence-electron chi connectivity index (χ0n) is 10.6. The van der Waals surface area contributed by atoms with E-state index in [0.717, 1.165) is 18.9 Å². The van der Waals surface area contributed by atoms with E-state index < -0.39 is 11.9 Å². The predicted octanol–water partition coefficient (Wildman–Crippen LogP) is 3.03. The topological polar surface area (TPSA) is 50.9 Å². The van der Waals surface area contributed by atoms with Crippen LogP contribution in [0, 0.1) is 5.92 Å². The van der Waals surface area contributed by atoms with Crippen LogP contribution in [-0.2, 0) is 6.18 Å². The Morgan fingerprint density at radius 1 is 1.37 bits per heavy atom. The van der Waals surface area contributed by atoms with E-state index in [1.807, 2.05) is 0 Å². The third-order valence-electron chi connectivity index (χ3n) is 3.63. The summed E-state index contributed by atoms with van der Waals surface area (Å²) in [5.74, 6) is 0.451. The van der Waals surface area contributed by atoms with Crippen molar-refractivity contribution in [2.24, 2.45) is 11.7 Å². The van der Waals surface area contributed by atoms with Crippen molar-refractivity contribution in [3.05, 3.63) is 24.0 Å². The molecule has 106 valence electrons. The molecule has 1 unspecified atom stereocenters. The molecule has 0 aromatic carbocycles. The molecule has 1 aliphatic carbocycles. The highest BCUT2D eigenvalue weighted by molar-refractivity contribution is 5.45. The molecule has 1 fully saturated rings. The van der Waals surface area contributed by atoms with Crippen LogP contribution in [0.25, 0.3) is 0 Å². The highest BCUT2D eigenvalue weighted by atomic mass is 19.4. The van der Waals surface area contributed by atoms with Crippen molar-refractivity contribution in [1.82, 2.24) is 4.98 Å². The zero-order valence-corrected chi connectivity index (χ0v) is 10.6. The standard InChI is InChI=1S/C13H18F3N3/c14-13(15,16)12-7-10(5-6-18-12)19-11(8-17)9-3-1-2-4-9/h5-7,9,11H,1-4,8,17H2,(H,18,19). The fraction of sp³-hybridized carbons (Fsp3) is 0.615. The van der Waals surface area contributed by atoms with E-state index in [-0.39, 0.29) is 6.04 Å². The van der Waals surface area contributed by atoms with Gasteiger partial charge in [-0.1, -0.05) is 12.8 Å². The van der Waals surface area contributed by atoms with E-state index in [4.69, 9.17) is 5.73 Å². The summed E-state index contributed by atoms with van der Waals surface area (Å²) in [6.45, 7) is 0.425. The van der Waals surface area contributed by atoms with E-state index in [2.05, 4.69) is 10.3 Å². The van der Waals surface area contributed by atoms with E-state index >= 15 is 0 Å². The van der Waals surface area contributed by atoms with Gasteiger partial charge >= 0.3 is 6.18 Å². The number of nitrogens with two attached hydrogens (primary N) is 1. The monoisotopic (exact) mass is 273 g/mol. The first-order valence-electron chi connectivity index (χ1n) is 6.50. The Morgan fingerprint density at radius 3 is 2.63 bits per heavy atom. The second kappa shape index (κ2) is 5.77. The summed E-state index contributed by atoms with van der Waals surface area (Å²) in [4.78, 5) is 3.35. The van der Waals surface area contributed by atoms with Crippen molar-refractivity contribution in [2.75, 3.05) is 11.9 Å². The Balaban J connectivity index is 2.09. The molecule has 2 rings (SSSR count). The first kappa shape index (κ1) is 14.1. The number of aromatic nitrogens is 1. The normalized spacial score (nSPS) is 18.5. The fourth-order valence-electron chi connectivity index (χ4n) is 2.62. The molecule has 1 aromatic heterocycles. The molecule has 0 amide bonds. The molecular weight excluding hydrogens is 255 g/mol. The molecule has 0 saturated heterocycles. The lowest BCUT2D eigenvalue weighted by Crippen LogP contribution is -2.35. The van der Waals surface area contributed by atoms with Gasteiger partial charge in [-0.2, -0.15) is 13.2 Å². The van der Waals surface area contributed by atoms with Gasteiger partial charge in [0.15, 0.2) is 0 Å². The van der Waals surface area contributed by atoms with Crippen LogP contribution in [0.15, 0.2) is 18.3 Å². The quantitative estimate of drug-likeness (QED) is 0.886. The summed E-state index contributed by atoms with van der Waals surface area (Å²) in [6.07, 6.45) is 1.29. The second-order valence-electron chi connectivity index (χ2n) is 4.96. The molecule has 3 N–H and O–H groups in total. The van der Waals surface area contributed by atoms with Gasteiger partial charge in [0.2, 0.25) is 0 Å². The summed E-state index contributed by atoms with van der Waals surface area (Å²) < 4.78 is 37.7. The van der Waals surface area contributed by atoms with Crippen LogP contribution in [0.4, 0.5) is 18.9 Å². The first-order chi connectivity index (χ1) is 9.00. The fourth-order valence-corrected chi connectivity index (χ4v) is 2.62. The van der Waals surface area contributed by atoms with E-state index in [1.165, 1.54) is 19.0 Å². The molecule has 0 aliphatic heterocycles. The smallest absolute Gasteiger partial charge is 0.381 e. The number of hydrogen-bond acceptors (Lipinski definition) is 3. The van der Waals surface area contributed by atoms with Crippen LogP contribution >= 0.6 is 0 Å². The van der Waals surface area contributed by atoms with Crippen LogP contribution in [-0.4, -0.2) is 17.6 Å². The number of rotatable bonds is 4. The second-order valence-corrected chi connectivity index (χ2v) is 4.96. The molecular formula is C13H18F3N3. The maximum absolute atomic E-state index is 12.6. The highest BCUT2D eigenvalue weighted by Crippen LogP contribution is 2.31. The van der Waals surface area contributed by atoms with Gasteiger partial charge in [0.1, 0.15) is 5.69 Å². The number of alkyl halides is 3. The van der Waals surface area contributed by atoms with Crippen LogP contribution in [0.1, 0.15) is 31.4 Å². The minimum atomic E-state index is -4.41. The van der Waals surface area contributed by atoms with E-state index in [9.17, 15) is 13.2 Å². The van der Waals surface area contributed by atoms with Gasteiger partial charge in [-0.05, 0) is 30.9 Å². The molecule has 19 heavy (non-hydrogen) atoms. The molecule has 1 aliphatic rings. The summed E-state index contributed by atoms with van der Waals surface area (Å²) in [6, 6.07) is 2.62. The highest BCUT2D eigenvalue weighted by Gasteiger charge is 2.32. The van der Waals surface area contributed by atoms with Crippen molar-refractivity contribution >= 4 is 5.69 Å². The summed E-state index contributed by atoms with van der Waals surface area (Å²) >= 11 is 0. The lowest BCUT2D eigenvalue weighted by molar-refractivity contribution is -0.141. The molecule has 1 heterocycles. The zero-order chi connectivity index (χ0) is 13.9. The number of halogens is 3. The lowest BCUT2D eigenvalue weighted by atomic mass is 9.98. The van der Waals surface area contributed by atoms with Gasteiger partial charge in [0.25, 0.3) is 0 Å². The molecule has 1 aromatic rings. The summed E-state index contributed by atoms with van der Waals surface area (Å²) in [5.41, 5.74) is 5.28. The first-order valence-corrected chi connectivity index (χ1v) is 6.50. The van der Waals surface area contributed by atoms with E-state index in [0.29, 0.717) is 18.2 Å². The third-order valence-corrected chi connectivity index (χ3v) is 3.63. The van der Waals surface area contributed by atoms with Crippen molar-refractivity contribution in [1.29, 1.82) is 0 Å². The van der Waals surface area contributed by atoms with Crippen molar-refractivity contribution in [3.63, 3.8) is 0 Å². The number of nitrogens with one attached hydrogen (secondary N) is 1. The van der Waals surface area contributed by atoms with Crippen LogP contribution in [0.3, 0.4) is 0 Å². The van der Waals surface area contributed by atoms with Crippen molar-refractivity contribution < 1.29 is 13.2 Å². The molecule has 0 bridgehead atoms. The van der Waals surface area contributed by atoms with Gasteiger partial charge in [0, 0.05) is 24.5 Å². The summed E-state index contributed by atoms with van der Waals surface area (Å²) in [5, 5.41) is 3.12. The number of hydrogen-bond donors (Lipinski definition) is 2. The van der Waals surface area contributed by atoms with E-state index in [1.54, 1.807) is 6.07 Å². The average Bonchev–Trinajstić information content (AvgIpc) is 2.89. The molecule has 1 atom stereocenters. The van der Waals surface area contributed by atoms with Gasteiger partial charge in [0.05, 0.1) is 0 Å². The third kappa shape index (κ3) is 3.59. The molecule has 0 spiro atoms.